The van der Waals surface area contributed by atoms with E-state index in [0.717, 1.165) is 12.8 Å². The standard InChI is InChI=1S/C16H26N2O2/c1-3-4-5-6-7-8-9-16(19)18-15-12-13(20-2)10-11-14(15)17/h10-12H,3-9,17H2,1-2H3,(H,18,19). The summed E-state index contributed by atoms with van der Waals surface area (Å²) in [5.41, 5.74) is 7.01. The van der Waals surface area contributed by atoms with Crippen molar-refractivity contribution in [3.63, 3.8) is 0 Å². The lowest BCUT2D eigenvalue weighted by Crippen LogP contribution is -2.12. The maximum Gasteiger partial charge on any atom is 0.224 e. The van der Waals surface area contributed by atoms with Crippen LogP contribution in [-0.4, -0.2) is 13.0 Å². The van der Waals surface area contributed by atoms with Crippen LogP contribution < -0.4 is 15.8 Å². The molecule has 112 valence electrons. The van der Waals surface area contributed by atoms with Gasteiger partial charge in [0.25, 0.3) is 0 Å². The van der Waals surface area contributed by atoms with E-state index in [-0.39, 0.29) is 5.91 Å². The average molecular weight is 278 g/mol. The van der Waals surface area contributed by atoms with Crippen molar-refractivity contribution in [1.82, 2.24) is 0 Å². The molecule has 0 spiro atoms. The predicted octanol–water partition coefficient (Wildman–Crippen LogP) is 3.97. The molecular formula is C16H26N2O2. The van der Waals surface area contributed by atoms with E-state index in [1.165, 1.54) is 25.7 Å². The number of nitrogens with two attached hydrogens (primary N) is 1. The van der Waals surface area contributed by atoms with Crippen LogP contribution in [-0.2, 0) is 4.79 Å². The van der Waals surface area contributed by atoms with Crippen LogP contribution in [0.3, 0.4) is 0 Å². The van der Waals surface area contributed by atoms with Gasteiger partial charge in [-0.05, 0) is 18.6 Å². The fourth-order valence-electron chi connectivity index (χ4n) is 2.05. The van der Waals surface area contributed by atoms with Crippen molar-refractivity contribution in [2.24, 2.45) is 0 Å². The zero-order chi connectivity index (χ0) is 14.8. The molecule has 1 amide bonds. The molecule has 0 atom stereocenters. The minimum Gasteiger partial charge on any atom is -0.497 e. The summed E-state index contributed by atoms with van der Waals surface area (Å²) in [6.07, 6.45) is 7.59. The molecule has 0 bridgehead atoms. The van der Waals surface area contributed by atoms with E-state index < -0.39 is 0 Å². The molecule has 0 saturated heterocycles. The fraction of sp³-hybridized carbons (Fsp3) is 0.562. The van der Waals surface area contributed by atoms with E-state index in [2.05, 4.69) is 12.2 Å². The Hall–Kier alpha value is -1.71. The van der Waals surface area contributed by atoms with Gasteiger partial charge in [-0.3, -0.25) is 4.79 Å². The first kappa shape index (κ1) is 16.3. The molecule has 3 N–H and O–H groups in total. The van der Waals surface area contributed by atoms with Gasteiger partial charge >= 0.3 is 0 Å². The third-order valence-electron chi connectivity index (χ3n) is 3.29. The Morgan fingerprint density at radius 3 is 2.60 bits per heavy atom. The highest BCUT2D eigenvalue weighted by atomic mass is 16.5. The Bertz CT molecular complexity index is 419. The Labute approximate surface area is 121 Å². The highest BCUT2D eigenvalue weighted by molar-refractivity contribution is 5.94. The number of amides is 1. The first-order valence-corrected chi connectivity index (χ1v) is 7.40. The van der Waals surface area contributed by atoms with Gasteiger partial charge in [0.15, 0.2) is 0 Å². The monoisotopic (exact) mass is 278 g/mol. The molecule has 0 aliphatic rings. The number of methoxy groups -OCH3 is 1. The summed E-state index contributed by atoms with van der Waals surface area (Å²) in [4.78, 5) is 11.8. The number of unbranched alkanes of at least 4 members (excludes halogenated alkanes) is 5. The van der Waals surface area contributed by atoms with Crippen LogP contribution in [0.15, 0.2) is 18.2 Å². The van der Waals surface area contributed by atoms with Crippen molar-refractivity contribution < 1.29 is 9.53 Å². The van der Waals surface area contributed by atoms with E-state index in [9.17, 15) is 4.79 Å². The van der Waals surface area contributed by atoms with Gasteiger partial charge in [-0.25, -0.2) is 0 Å². The summed E-state index contributed by atoms with van der Waals surface area (Å²) in [7, 11) is 1.59. The van der Waals surface area contributed by atoms with Crippen LogP contribution in [0, 0.1) is 0 Å². The number of nitrogen functional groups attached to an aromatic ring is 1. The number of nitrogens with one attached hydrogen (secondary N) is 1. The summed E-state index contributed by atoms with van der Waals surface area (Å²) < 4.78 is 5.12. The quantitative estimate of drug-likeness (QED) is 0.530. The number of benzene rings is 1. The second-order valence-corrected chi connectivity index (χ2v) is 5.02. The molecule has 0 aliphatic heterocycles. The van der Waals surface area contributed by atoms with E-state index >= 15 is 0 Å². The summed E-state index contributed by atoms with van der Waals surface area (Å²) in [6.45, 7) is 2.20. The van der Waals surface area contributed by atoms with E-state index in [1.807, 2.05) is 0 Å². The highest BCUT2D eigenvalue weighted by Crippen LogP contribution is 2.24. The first-order chi connectivity index (χ1) is 9.67. The molecule has 4 nitrogen and oxygen atoms in total. The van der Waals surface area contributed by atoms with E-state index in [1.54, 1.807) is 25.3 Å². The molecule has 0 heterocycles. The molecule has 1 aromatic rings. The zero-order valence-electron chi connectivity index (χ0n) is 12.6. The summed E-state index contributed by atoms with van der Waals surface area (Å²) in [6, 6.07) is 5.26. The molecule has 20 heavy (non-hydrogen) atoms. The number of rotatable bonds is 9. The van der Waals surface area contributed by atoms with Crippen molar-refractivity contribution in [2.75, 3.05) is 18.2 Å². The van der Waals surface area contributed by atoms with Gasteiger partial charge in [-0.15, -0.1) is 0 Å². The average Bonchev–Trinajstić information content (AvgIpc) is 2.45. The summed E-state index contributed by atoms with van der Waals surface area (Å²) >= 11 is 0. The van der Waals surface area contributed by atoms with Crippen molar-refractivity contribution >= 4 is 17.3 Å². The second kappa shape index (κ2) is 9.23. The van der Waals surface area contributed by atoms with Gasteiger partial charge < -0.3 is 15.8 Å². The number of hydrogen-bond acceptors (Lipinski definition) is 3. The Balaban J connectivity index is 2.31. The van der Waals surface area contributed by atoms with Crippen molar-refractivity contribution in [3.05, 3.63) is 18.2 Å². The molecular weight excluding hydrogens is 252 g/mol. The van der Waals surface area contributed by atoms with Crippen LogP contribution >= 0.6 is 0 Å². The maximum absolute atomic E-state index is 11.8. The van der Waals surface area contributed by atoms with Crippen LogP contribution in [0.4, 0.5) is 11.4 Å². The van der Waals surface area contributed by atoms with Crippen LogP contribution in [0.1, 0.15) is 51.9 Å². The number of carbonyl (C=O) groups is 1. The number of ether oxygens (including phenoxy) is 1. The first-order valence-electron chi connectivity index (χ1n) is 7.40. The highest BCUT2D eigenvalue weighted by Gasteiger charge is 2.06. The lowest BCUT2D eigenvalue weighted by Gasteiger charge is -2.10. The molecule has 4 heteroatoms. The smallest absolute Gasteiger partial charge is 0.224 e. The Morgan fingerprint density at radius 1 is 1.20 bits per heavy atom. The van der Waals surface area contributed by atoms with E-state index in [0.29, 0.717) is 23.5 Å². The lowest BCUT2D eigenvalue weighted by atomic mass is 10.1. The summed E-state index contributed by atoms with van der Waals surface area (Å²) in [5, 5.41) is 2.84. The zero-order valence-corrected chi connectivity index (χ0v) is 12.6. The van der Waals surface area contributed by atoms with Crippen molar-refractivity contribution in [1.29, 1.82) is 0 Å². The molecule has 0 unspecified atom stereocenters. The lowest BCUT2D eigenvalue weighted by molar-refractivity contribution is -0.116. The third-order valence-corrected chi connectivity index (χ3v) is 3.29. The van der Waals surface area contributed by atoms with Gasteiger partial charge in [-0.2, -0.15) is 0 Å². The SMILES string of the molecule is CCCCCCCCC(=O)Nc1cc(OC)ccc1N. The van der Waals surface area contributed by atoms with Crippen LogP contribution in [0.25, 0.3) is 0 Å². The Kier molecular flexibility index (Phi) is 7.55. The number of anilines is 2. The summed E-state index contributed by atoms with van der Waals surface area (Å²) in [5.74, 6) is 0.703. The molecule has 0 radical (unpaired) electrons. The van der Waals surface area contributed by atoms with E-state index in [4.69, 9.17) is 10.5 Å². The molecule has 0 aliphatic carbocycles. The van der Waals surface area contributed by atoms with Gasteiger partial charge in [0.05, 0.1) is 18.5 Å². The van der Waals surface area contributed by atoms with Gasteiger partial charge in [0.2, 0.25) is 5.91 Å². The van der Waals surface area contributed by atoms with Crippen molar-refractivity contribution in [3.8, 4) is 5.75 Å². The number of carbonyl (C=O) groups excluding carboxylic acids is 1. The molecule has 1 aromatic carbocycles. The largest absolute Gasteiger partial charge is 0.497 e. The van der Waals surface area contributed by atoms with Crippen LogP contribution in [0.2, 0.25) is 0 Å². The predicted molar refractivity (Wildman–Crippen MR) is 84.0 cm³/mol. The second-order valence-electron chi connectivity index (χ2n) is 5.02. The molecule has 0 fully saturated rings. The fourth-order valence-corrected chi connectivity index (χ4v) is 2.05. The third kappa shape index (κ3) is 5.95. The van der Waals surface area contributed by atoms with Crippen molar-refractivity contribution in [2.45, 2.75) is 51.9 Å². The van der Waals surface area contributed by atoms with Crippen LogP contribution in [0.5, 0.6) is 5.75 Å². The van der Waals surface area contributed by atoms with Gasteiger partial charge in [0, 0.05) is 12.5 Å². The molecule has 1 rings (SSSR count). The number of hydrogen-bond donors (Lipinski definition) is 2. The normalized spacial score (nSPS) is 10.3. The minimum atomic E-state index is 0.0143. The topological polar surface area (TPSA) is 64.3 Å². The Morgan fingerprint density at radius 2 is 1.90 bits per heavy atom. The molecule has 0 saturated carbocycles. The molecule has 0 aromatic heterocycles. The van der Waals surface area contributed by atoms with Gasteiger partial charge in [-0.1, -0.05) is 39.0 Å². The maximum atomic E-state index is 11.8. The minimum absolute atomic E-state index is 0.0143. The van der Waals surface area contributed by atoms with Gasteiger partial charge in [0.1, 0.15) is 5.75 Å².